The number of hydrogen-bond acceptors (Lipinski definition) is 5. The van der Waals surface area contributed by atoms with Crippen LogP contribution < -0.4 is 20.9 Å². The molecular weight excluding hydrogens is 390 g/mol. The number of nitrogens with one attached hydrogen (secondary N) is 3. The minimum absolute atomic E-state index is 0.0474. The van der Waals surface area contributed by atoms with Gasteiger partial charge in [-0.15, -0.1) is 0 Å². The van der Waals surface area contributed by atoms with E-state index in [1.165, 1.54) is 5.69 Å². The Kier molecular flexibility index (Phi) is 7.35. The molecule has 29 heavy (non-hydrogen) atoms. The third-order valence-corrected chi connectivity index (χ3v) is 6.97. The molecular formula is C20H31N5O3S. The molecule has 2 atom stereocenters. The molecule has 8 nitrogen and oxygen atoms in total. The Balaban J connectivity index is 1.44. The fourth-order valence-electron chi connectivity index (χ4n) is 3.74. The Bertz CT molecular complexity index is 813. The summed E-state index contributed by atoms with van der Waals surface area (Å²) in [6.45, 7) is 5.01. The number of nitrogens with zero attached hydrogens (tertiary/aromatic N) is 2. The van der Waals surface area contributed by atoms with E-state index in [4.69, 9.17) is 0 Å². The first-order valence-electron chi connectivity index (χ1n) is 10.3. The molecule has 2 unspecified atom stereocenters. The van der Waals surface area contributed by atoms with Gasteiger partial charge in [-0.3, -0.25) is 9.79 Å². The van der Waals surface area contributed by atoms with Gasteiger partial charge in [0.1, 0.15) is 0 Å². The average Bonchev–Trinajstić information content (AvgIpc) is 3.28. The van der Waals surface area contributed by atoms with Crippen molar-refractivity contribution in [2.75, 3.05) is 42.6 Å². The maximum absolute atomic E-state index is 12.1. The number of anilines is 1. The van der Waals surface area contributed by atoms with Crippen LogP contribution in [0.1, 0.15) is 26.2 Å². The highest BCUT2D eigenvalue weighted by Crippen LogP contribution is 2.19. The van der Waals surface area contributed by atoms with Gasteiger partial charge in [0.05, 0.1) is 18.1 Å². The van der Waals surface area contributed by atoms with Crippen molar-refractivity contribution >= 4 is 27.4 Å². The highest BCUT2D eigenvalue weighted by Gasteiger charge is 2.28. The number of benzene rings is 1. The SMILES string of the molecule is CCNC(=NCCC(=O)NC1CCS(=O)(=O)C1)NC1CCN(c2ccccc2)C1. The molecule has 2 saturated heterocycles. The number of carbonyl (C=O) groups is 1. The molecule has 2 aliphatic rings. The summed E-state index contributed by atoms with van der Waals surface area (Å²) in [5, 5.41) is 9.49. The topological polar surface area (TPSA) is 103 Å². The predicted octanol–water partition coefficient (Wildman–Crippen LogP) is 0.514. The van der Waals surface area contributed by atoms with Gasteiger partial charge in [-0.1, -0.05) is 18.2 Å². The van der Waals surface area contributed by atoms with E-state index in [1.54, 1.807) is 0 Å². The standard InChI is InChI=1S/C20H31N5O3S/c1-2-21-20(22-11-8-19(26)23-17-10-13-29(27,28)15-17)24-16-9-12-25(14-16)18-6-4-3-5-7-18/h3-7,16-17H,2,8-15H2,1H3,(H,23,26)(H2,21,22,24). The maximum Gasteiger partial charge on any atom is 0.222 e. The minimum atomic E-state index is -2.99. The van der Waals surface area contributed by atoms with E-state index in [1.807, 2.05) is 25.1 Å². The van der Waals surface area contributed by atoms with E-state index in [9.17, 15) is 13.2 Å². The Labute approximate surface area is 173 Å². The van der Waals surface area contributed by atoms with E-state index < -0.39 is 9.84 Å². The van der Waals surface area contributed by atoms with Crippen molar-refractivity contribution in [2.45, 2.75) is 38.3 Å². The zero-order valence-corrected chi connectivity index (χ0v) is 17.7. The Morgan fingerprint density at radius 2 is 1.97 bits per heavy atom. The van der Waals surface area contributed by atoms with Gasteiger partial charge in [0.15, 0.2) is 15.8 Å². The van der Waals surface area contributed by atoms with Gasteiger partial charge in [0, 0.05) is 43.8 Å². The summed E-state index contributed by atoms with van der Waals surface area (Å²) in [6.07, 6.45) is 1.77. The molecule has 0 radical (unpaired) electrons. The van der Waals surface area contributed by atoms with Gasteiger partial charge in [-0.25, -0.2) is 8.42 Å². The molecule has 1 amide bonds. The summed E-state index contributed by atoms with van der Waals surface area (Å²) < 4.78 is 23.0. The fraction of sp³-hybridized carbons (Fsp3) is 0.600. The number of para-hydroxylation sites is 1. The fourth-order valence-corrected chi connectivity index (χ4v) is 5.42. The van der Waals surface area contributed by atoms with Gasteiger partial charge in [0.25, 0.3) is 0 Å². The molecule has 9 heteroatoms. The van der Waals surface area contributed by atoms with Crippen LogP contribution in [-0.2, 0) is 14.6 Å². The highest BCUT2D eigenvalue weighted by atomic mass is 32.2. The first-order valence-corrected chi connectivity index (χ1v) is 12.1. The quantitative estimate of drug-likeness (QED) is 0.438. The second-order valence-electron chi connectivity index (χ2n) is 7.59. The normalized spacial score (nSPS) is 23.8. The number of hydrogen-bond donors (Lipinski definition) is 3. The number of sulfone groups is 1. The van der Waals surface area contributed by atoms with Gasteiger partial charge in [-0.05, 0) is 31.9 Å². The number of rotatable bonds is 7. The van der Waals surface area contributed by atoms with Crippen LogP contribution in [0.15, 0.2) is 35.3 Å². The number of carbonyl (C=O) groups excluding carboxylic acids is 1. The van der Waals surface area contributed by atoms with Crippen LogP contribution in [0.2, 0.25) is 0 Å². The zero-order valence-electron chi connectivity index (χ0n) is 16.9. The molecule has 2 fully saturated rings. The summed E-state index contributed by atoms with van der Waals surface area (Å²) in [5.41, 5.74) is 1.23. The van der Waals surface area contributed by atoms with Gasteiger partial charge in [-0.2, -0.15) is 0 Å². The summed E-state index contributed by atoms with van der Waals surface area (Å²) in [7, 11) is -2.99. The van der Waals surface area contributed by atoms with Crippen molar-refractivity contribution in [2.24, 2.45) is 4.99 Å². The number of aliphatic imine (C=N–C) groups is 1. The van der Waals surface area contributed by atoms with Crippen molar-refractivity contribution in [3.8, 4) is 0 Å². The van der Waals surface area contributed by atoms with Crippen molar-refractivity contribution in [3.63, 3.8) is 0 Å². The molecule has 0 aliphatic carbocycles. The van der Waals surface area contributed by atoms with Crippen LogP contribution in [0.5, 0.6) is 0 Å². The Morgan fingerprint density at radius 3 is 2.66 bits per heavy atom. The first-order chi connectivity index (χ1) is 13.9. The lowest BCUT2D eigenvalue weighted by atomic mass is 10.2. The molecule has 2 aliphatic heterocycles. The van der Waals surface area contributed by atoms with Gasteiger partial charge in [0.2, 0.25) is 5.91 Å². The summed E-state index contributed by atoms with van der Waals surface area (Å²) in [4.78, 5) is 18.9. The molecule has 1 aromatic carbocycles. The number of amides is 1. The van der Waals surface area contributed by atoms with Gasteiger partial charge < -0.3 is 20.9 Å². The Morgan fingerprint density at radius 1 is 1.17 bits per heavy atom. The molecule has 3 rings (SSSR count). The molecule has 1 aromatic rings. The number of guanidine groups is 1. The Hall–Kier alpha value is -2.29. The molecule has 0 saturated carbocycles. The van der Waals surface area contributed by atoms with E-state index in [0.29, 0.717) is 25.0 Å². The molecule has 2 heterocycles. The van der Waals surface area contributed by atoms with Crippen molar-refractivity contribution in [1.29, 1.82) is 0 Å². The van der Waals surface area contributed by atoms with E-state index in [2.05, 4.69) is 38.0 Å². The third-order valence-electron chi connectivity index (χ3n) is 5.20. The van der Waals surface area contributed by atoms with E-state index in [-0.39, 0.29) is 29.9 Å². The maximum atomic E-state index is 12.1. The minimum Gasteiger partial charge on any atom is -0.369 e. The molecule has 0 aromatic heterocycles. The van der Waals surface area contributed by atoms with Gasteiger partial charge >= 0.3 is 0 Å². The van der Waals surface area contributed by atoms with Crippen LogP contribution in [0, 0.1) is 0 Å². The van der Waals surface area contributed by atoms with Crippen molar-refractivity contribution < 1.29 is 13.2 Å². The zero-order chi connectivity index (χ0) is 20.7. The lowest BCUT2D eigenvalue weighted by Gasteiger charge is -2.20. The van der Waals surface area contributed by atoms with E-state index in [0.717, 1.165) is 26.1 Å². The average molecular weight is 422 g/mol. The lowest BCUT2D eigenvalue weighted by molar-refractivity contribution is -0.121. The summed E-state index contributed by atoms with van der Waals surface area (Å²) in [6, 6.07) is 10.4. The molecule has 0 bridgehead atoms. The predicted molar refractivity (Wildman–Crippen MR) is 116 cm³/mol. The largest absolute Gasteiger partial charge is 0.369 e. The summed E-state index contributed by atoms with van der Waals surface area (Å²) in [5.74, 6) is 0.768. The van der Waals surface area contributed by atoms with Crippen molar-refractivity contribution in [1.82, 2.24) is 16.0 Å². The second kappa shape index (κ2) is 9.96. The summed E-state index contributed by atoms with van der Waals surface area (Å²) >= 11 is 0. The van der Waals surface area contributed by atoms with Crippen LogP contribution in [0.4, 0.5) is 5.69 Å². The molecule has 0 spiro atoms. The van der Waals surface area contributed by atoms with Crippen LogP contribution in [0.25, 0.3) is 0 Å². The van der Waals surface area contributed by atoms with Crippen LogP contribution in [0.3, 0.4) is 0 Å². The third kappa shape index (κ3) is 6.62. The smallest absolute Gasteiger partial charge is 0.222 e. The monoisotopic (exact) mass is 421 g/mol. The van der Waals surface area contributed by atoms with Crippen molar-refractivity contribution in [3.05, 3.63) is 30.3 Å². The van der Waals surface area contributed by atoms with Crippen LogP contribution >= 0.6 is 0 Å². The van der Waals surface area contributed by atoms with E-state index >= 15 is 0 Å². The first kappa shape index (κ1) is 21.4. The highest BCUT2D eigenvalue weighted by molar-refractivity contribution is 7.91. The lowest BCUT2D eigenvalue weighted by Crippen LogP contribution is -2.44. The second-order valence-corrected chi connectivity index (χ2v) is 9.82. The molecule has 160 valence electrons. The molecule has 3 N–H and O–H groups in total. The van der Waals surface area contributed by atoms with Crippen LogP contribution in [-0.4, -0.2) is 70.1 Å².